The second-order valence-electron chi connectivity index (χ2n) is 4.02. The molecule has 0 bridgehead atoms. The molecule has 0 atom stereocenters. The number of carbonyl (C=O) groups excluding carboxylic acids is 1. The normalized spacial score (nSPS) is 10.2. The molecule has 0 fully saturated rings. The molecule has 0 aliphatic carbocycles. The summed E-state index contributed by atoms with van der Waals surface area (Å²) in [6.07, 6.45) is 1.82. The number of methoxy groups -OCH3 is 1. The van der Waals surface area contributed by atoms with Crippen molar-refractivity contribution in [1.82, 2.24) is 9.78 Å². The highest BCUT2D eigenvalue weighted by molar-refractivity contribution is 5.93. The van der Waals surface area contributed by atoms with Crippen molar-refractivity contribution in [3.05, 3.63) is 41.7 Å². The number of benzene rings is 1. The summed E-state index contributed by atoms with van der Waals surface area (Å²) >= 11 is 0. The minimum absolute atomic E-state index is 0.258. The maximum absolute atomic E-state index is 11.6. The number of hydrogen-bond acceptors (Lipinski definition) is 5. The van der Waals surface area contributed by atoms with E-state index >= 15 is 0 Å². The van der Waals surface area contributed by atoms with E-state index in [2.05, 4.69) is 5.10 Å². The van der Waals surface area contributed by atoms with Crippen molar-refractivity contribution in [2.45, 2.75) is 6.61 Å². The van der Waals surface area contributed by atoms with E-state index in [-0.39, 0.29) is 6.61 Å². The molecule has 0 aliphatic heterocycles. The molecule has 0 saturated carbocycles. The van der Waals surface area contributed by atoms with E-state index in [4.69, 9.17) is 15.2 Å². The lowest BCUT2D eigenvalue weighted by Crippen LogP contribution is -2.07. The van der Waals surface area contributed by atoms with Crippen LogP contribution in [0.15, 0.2) is 30.5 Å². The highest BCUT2D eigenvalue weighted by Crippen LogP contribution is 2.23. The third-order valence-corrected chi connectivity index (χ3v) is 2.56. The van der Waals surface area contributed by atoms with Crippen LogP contribution in [0.25, 0.3) is 0 Å². The zero-order chi connectivity index (χ0) is 13.8. The van der Waals surface area contributed by atoms with Crippen LogP contribution in [0.4, 0.5) is 5.69 Å². The van der Waals surface area contributed by atoms with Crippen LogP contribution in [0.3, 0.4) is 0 Å². The Morgan fingerprint density at radius 1 is 1.42 bits per heavy atom. The maximum atomic E-state index is 11.6. The zero-order valence-electron chi connectivity index (χ0n) is 10.8. The van der Waals surface area contributed by atoms with Crippen LogP contribution in [0, 0.1) is 0 Å². The summed E-state index contributed by atoms with van der Waals surface area (Å²) < 4.78 is 12.0. The van der Waals surface area contributed by atoms with Crippen LogP contribution in [-0.2, 0) is 18.4 Å². The lowest BCUT2D eigenvalue weighted by molar-refractivity contribution is 0.0595. The Kier molecular flexibility index (Phi) is 3.70. The predicted molar refractivity (Wildman–Crippen MR) is 69.7 cm³/mol. The Hall–Kier alpha value is -2.50. The SMILES string of the molecule is COC(=O)c1ccc(N)cc1OCc1ccn(C)n1. The minimum atomic E-state index is -0.462. The summed E-state index contributed by atoms with van der Waals surface area (Å²) in [7, 11) is 3.14. The lowest BCUT2D eigenvalue weighted by atomic mass is 10.2. The van der Waals surface area contributed by atoms with Crippen LogP contribution >= 0.6 is 0 Å². The molecule has 2 N–H and O–H groups in total. The zero-order valence-corrected chi connectivity index (χ0v) is 10.8. The number of nitrogens with two attached hydrogens (primary N) is 1. The number of esters is 1. The molecule has 19 heavy (non-hydrogen) atoms. The molecular formula is C13H15N3O3. The first-order valence-electron chi connectivity index (χ1n) is 5.69. The van der Waals surface area contributed by atoms with Gasteiger partial charge >= 0.3 is 5.97 Å². The predicted octanol–water partition coefficient (Wildman–Crippen LogP) is 1.37. The second kappa shape index (κ2) is 5.43. The van der Waals surface area contributed by atoms with E-state index in [9.17, 15) is 4.79 Å². The van der Waals surface area contributed by atoms with Crippen molar-refractivity contribution in [2.24, 2.45) is 7.05 Å². The van der Waals surface area contributed by atoms with Crippen molar-refractivity contribution >= 4 is 11.7 Å². The standard InChI is InChI=1S/C13H15N3O3/c1-16-6-5-10(15-16)8-19-12-7-9(14)3-4-11(12)13(17)18-2/h3-7H,8,14H2,1-2H3. The molecule has 2 rings (SSSR count). The molecule has 1 heterocycles. The summed E-state index contributed by atoms with van der Waals surface area (Å²) in [4.78, 5) is 11.6. The second-order valence-corrected chi connectivity index (χ2v) is 4.02. The number of nitrogens with zero attached hydrogens (tertiary/aromatic N) is 2. The van der Waals surface area contributed by atoms with Crippen LogP contribution in [-0.4, -0.2) is 22.9 Å². The van der Waals surface area contributed by atoms with Gasteiger partial charge in [0.15, 0.2) is 0 Å². The first kappa shape index (κ1) is 12.9. The first-order chi connectivity index (χ1) is 9.10. The summed E-state index contributed by atoms with van der Waals surface area (Å²) in [5, 5.41) is 4.19. The van der Waals surface area contributed by atoms with Gasteiger partial charge in [-0.2, -0.15) is 5.10 Å². The summed E-state index contributed by atoms with van der Waals surface area (Å²) in [6, 6.07) is 6.63. The fourth-order valence-electron chi connectivity index (χ4n) is 1.63. The van der Waals surface area contributed by atoms with Crippen LogP contribution in [0.2, 0.25) is 0 Å². The number of carbonyl (C=O) groups is 1. The molecule has 0 saturated heterocycles. The maximum Gasteiger partial charge on any atom is 0.341 e. The Morgan fingerprint density at radius 3 is 2.84 bits per heavy atom. The van der Waals surface area contributed by atoms with Crippen molar-refractivity contribution in [2.75, 3.05) is 12.8 Å². The van der Waals surface area contributed by atoms with Gasteiger partial charge in [0.2, 0.25) is 0 Å². The number of ether oxygens (including phenoxy) is 2. The van der Waals surface area contributed by atoms with Crippen molar-refractivity contribution in [3.63, 3.8) is 0 Å². The Balaban J connectivity index is 2.18. The van der Waals surface area contributed by atoms with Gasteiger partial charge in [-0.25, -0.2) is 4.79 Å². The highest BCUT2D eigenvalue weighted by atomic mass is 16.5. The molecule has 100 valence electrons. The Bertz CT molecular complexity index is 593. The summed E-state index contributed by atoms with van der Waals surface area (Å²) in [5.74, 6) is -0.0754. The van der Waals surface area contributed by atoms with Gasteiger partial charge in [0.1, 0.15) is 17.9 Å². The van der Waals surface area contributed by atoms with Crippen molar-refractivity contribution < 1.29 is 14.3 Å². The number of anilines is 1. The molecule has 1 aromatic heterocycles. The quantitative estimate of drug-likeness (QED) is 0.664. The number of aromatic nitrogens is 2. The fraction of sp³-hybridized carbons (Fsp3) is 0.231. The molecule has 0 spiro atoms. The van der Waals surface area contributed by atoms with E-state index < -0.39 is 5.97 Å². The average Bonchev–Trinajstić information content (AvgIpc) is 2.81. The monoisotopic (exact) mass is 261 g/mol. The Labute approximate surface area is 110 Å². The van der Waals surface area contributed by atoms with Gasteiger partial charge in [-0.05, 0) is 18.2 Å². The smallest absolute Gasteiger partial charge is 0.341 e. The van der Waals surface area contributed by atoms with E-state index in [0.717, 1.165) is 5.69 Å². The third-order valence-electron chi connectivity index (χ3n) is 2.56. The van der Waals surface area contributed by atoms with E-state index in [1.165, 1.54) is 7.11 Å². The van der Waals surface area contributed by atoms with Crippen LogP contribution < -0.4 is 10.5 Å². The third kappa shape index (κ3) is 3.04. The first-order valence-corrected chi connectivity index (χ1v) is 5.69. The largest absolute Gasteiger partial charge is 0.486 e. The molecule has 1 aromatic carbocycles. The number of aryl methyl sites for hydroxylation is 1. The number of rotatable bonds is 4. The summed E-state index contributed by atoms with van der Waals surface area (Å²) in [6.45, 7) is 0.258. The molecule has 6 heteroatoms. The van der Waals surface area contributed by atoms with Gasteiger partial charge in [0, 0.05) is 25.0 Å². The molecule has 0 amide bonds. The van der Waals surface area contributed by atoms with Gasteiger partial charge in [-0.1, -0.05) is 0 Å². The molecular weight excluding hydrogens is 246 g/mol. The minimum Gasteiger partial charge on any atom is -0.486 e. The van der Waals surface area contributed by atoms with Gasteiger partial charge in [-0.3, -0.25) is 4.68 Å². The van der Waals surface area contributed by atoms with Gasteiger partial charge < -0.3 is 15.2 Å². The molecule has 2 aromatic rings. The molecule has 0 unspecified atom stereocenters. The highest BCUT2D eigenvalue weighted by Gasteiger charge is 2.13. The molecule has 0 radical (unpaired) electrons. The fourth-order valence-corrected chi connectivity index (χ4v) is 1.63. The number of hydrogen-bond donors (Lipinski definition) is 1. The van der Waals surface area contributed by atoms with Crippen molar-refractivity contribution in [3.8, 4) is 5.75 Å². The topological polar surface area (TPSA) is 79.4 Å². The lowest BCUT2D eigenvalue weighted by Gasteiger charge is -2.10. The number of nitrogen functional groups attached to an aromatic ring is 1. The molecule has 6 nitrogen and oxygen atoms in total. The average molecular weight is 261 g/mol. The van der Waals surface area contributed by atoms with E-state index in [1.54, 1.807) is 22.9 Å². The molecule has 0 aliphatic rings. The van der Waals surface area contributed by atoms with E-state index in [0.29, 0.717) is 17.0 Å². The van der Waals surface area contributed by atoms with Gasteiger partial charge in [0.25, 0.3) is 0 Å². The summed E-state index contributed by atoms with van der Waals surface area (Å²) in [5.41, 5.74) is 7.31. The van der Waals surface area contributed by atoms with E-state index in [1.807, 2.05) is 19.3 Å². The van der Waals surface area contributed by atoms with Crippen molar-refractivity contribution in [1.29, 1.82) is 0 Å². The van der Waals surface area contributed by atoms with Crippen LogP contribution in [0.5, 0.6) is 5.75 Å². The van der Waals surface area contributed by atoms with Gasteiger partial charge in [0.05, 0.1) is 12.8 Å². The Morgan fingerprint density at radius 2 is 2.21 bits per heavy atom. The van der Waals surface area contributed by atoms with Gasteiger partial charge in [-0.15, -0.1) is 0 Å². The van der Waals surface area contributed by atoms with Crippen LogP contribution in [0.1, 0.15) is 16.1 Å².